The summed E-state index contributed by atoms with van der Waals surface area (Å²) in [6, 6.07) is 0.533. The van der Waals surface area contributed by atoms with Gasteiger partial charge in [-0.25, -0.2) is 0 Å². The first-order valence-electron chi connectivity index (χ1n) is 4.47. The van der Waals surface area contributed by atoms with Gasteiger partial charge in [-0.1, -0.05) is 5.10 Å². The molecule has 0 spiro atoms. The van der Waals surface area contributed by atoms with Gasteiger partial charge in [-0.05, 0) is 26.8 Å². The molecule has 1 aliphatic carbocycles. The van der Waals surface area contributed by atoms with E-state index in [1.165, 1.54) is 12.8 Å². The number of anilines is 1. The molecule has 72 valence electrons. The molecule has 0 aliphatic heterocycles. The van der Waals surface area contributed by atoms with E-state index in [0.29, 0.717) is 18.5 Å². The van der Waals surface area contributed by atoms with Crippen LogP contribution in [-0.4, -0.2) is 22.8 Å². The maximum Gasteiger partial charge on any atom is 0.315 e. The zero-order valence-electron chi connectivity index (χ0n) is 7.92. The van der Waals surface area contributed by atoms with Crippen molar-refractivity contribution in [3.05, 3.63) is 5.89 Å². The molecular weight excluding hydrogens is 168 g/mol. The second-order valence-electron chi connectivity index (χ2n) is 3.72. The Labute approximate surface area is 76.9 Å². The highest BCUT2D eigenvalue weighted by Gasteiger charge is 2.38. The fourth-order valence-corrected chi connectivity index (χ4v) is 1.10. The third kappa shape index (κ3) is 1.98. The maximum atomic E-state index is 5.34. The monoisotopic (exact) mass is 182 g/mol. The van der Waals surface area contributed by atoms with Crippen LogP contribution in [0.5, 0.6) is 0 Å². The Balaban J connectivity index is 1.97. The fraction of sp³-hybridized carbons (Fsp3) is 0.750. The second-order valence-corrected chi connectivity index (χ2v) is 3.72. The lowest BCUT2D eigenvalue weighted by molar-refractivity contribution is 0.484. The van der Waals surface area contributed by atoms with Crippen LogP contribution in [0.4, 0.5) is 6.01 Å². The van der Waals surface area contributed by atoms with Gasteiger partial charge in [0.1, 0.15) is 0 Å². The molecule has 5 heteroatoms. The van der Waals surface area contributed by atoms with Crippen LogP contribution < -0.4 is 10.6 Å². The minimum atomic E-state index is 0.198. The lowest BCUT2D eigenvalue weighted by atomic mass is 10.3. The van der Waals surface area contributed by atoms with E-state index in [-0.39, 0.29) is 5.54 Å². The highest BCUT2D eigenvalue weighted by molar-refractivity contribution is 5.28. The molecule has 13 heavy (non-hydrogen) atoms. The van der Waals surface area contributed by atoms with Crippen LogP contribution in [0.3, 0.4) is 0 Å². The highest BCUT2D eigenvalue weighted by atomic mass is 16.4. The average Bonchev–Trinajstić information content (AvgIpc) is 2.61. The van der Waals surface area contributed by atoms with E-state index in [4.69, 9.17) is 4.42 Å². The molecule has 1 fully saturated rings. The summed E-state index contributed by atoms with van der Waals surface area (Å²) < 4.78 is 5.34. The SMILES string of the molecule is CNCc1nnc(NC2(C)CC2)o1. The minimum Gasteiger partial charge on any atom is -0.407 e. The van der Waals surface area contributed by atoms with Crippen molar-refractivity contribution in [1.82, 2.24) is 15.5 Å². The van der Waals surface area contributed by atoms with Crippen LogP contribution >= 0.6 is 0 Å². The van der Waals surface area contributed by atoms with Crippen molar-refractivity contribution in [1.29, 1.82) is 0 Å². The molecule has 1 heterocycles. The van der Waals surface area contributed by atoms with Gasteiger partial charge in [0, 0.05) is 5.54 Å². The van der Waals surface area contributed by atoms with Crippen LogP contribution in [0, 0.1) is 0 Å². The van der Waals surface area contributed by atoms with E-state index in [9.17, 15) is 0 Å². The lowest BCUT2D eigenvalue weighted by Crippen LogP contribution is -2.15. The first kappa shape index (κ1) is 8.50. The maximum absolute atomic E-state index is 5.34. The Kier molecular flexibility index (Phi) is 1.95. The van der Waals surface area contributed by atoms with Crippen molar-refractivity contribution in [2.75, 3.05) is 12.4 Å². The molecule has 1 aliphatic rings. The van der Waals surface area contributed by atoms with Gasteiger partial charge in [0.15, 0.2) is 0 Å². The Morgan fingerprint density at radius 1 is 1.46 bits per heavy atom. The van der Waals surface area contributed by atoms with Gasteiger partial charge in [0.2, 0.25) is 5.89 Å². The van der Waals surface area contributed by atoms with Gasteiger partial charge in [-0.2, -0.15) is 0 Å². The van der Waals surface area contributed by atoms with E-state index in [1.807, 2.05) is 7.05 Å². The van der Waals surface area contributed by atoms with Crippen molar-refractivity contribution in [3.63, 3.8) is 0 Å². The molecule has 0 bridgehead atoms. The lowest BCUT2D eigenvalue weighted by Gasteiger charge is -2.06. The van der Waals surface area contributed by atoms with Crippen LogP contribution in [-0.2, 0) is 6.54 Å². The first-order valence-corrected chi connectivity index (χ1v) is 4.47. The van der Waals surface area contributed by atoms with Crippen molar-refractivity contribution < 1.29 is 4.42 Å². The molecule has 0 aromatic carbocycles. The number of rotatable bonds is 4. The van der Waals surface area contributed by atoms with Gasteiger partial charge in [-0.15, -0.1) is 5.10 Å². The number of nitrogens with one attached hydrogen (secondary N) is 2. The summed E-state index contributed by atoms with van der Waals surface area (Å²) in [4.78, 5) is 0. The summed E-state index contributed by atoms with van der Waals surface area (Å²) in [6.45, 7) is 2.76. The smallest absolute Gasteiger partial charge is 0.315 e. The molecule has 0 radical (unpaired) electrons. The van der Waals surface area contributed by atoms with Gasteiger partial charge in [0.25, 0.3) is 0 Å². The molecule has 1 aromatic heterocycles. The minimum absolute atomic E-state index is 0.198. The largest absolute Gasteiger partial charge is 0.407 e. The van der Waals surface area contributed by atoms with Crippen LogP contribution in [0.1, 0.15) is 25.7 Å². The summed E-state index contributed by atoms with van der Waals surface area (Å²) in [6.07, 6.45) is 2.35. The summed E-state index contributed by atoms with van der Waals surface area (Å²) in [5.41, 5.74) is 0.198. The van der Waals surface area contributed by atoms with E-state index >= 15 is 0 Å². The number of aromatic nitrogens is 2. The van der Waals surface area contributed by atoms with Gasteiger partial charge in [-0.3, -0.25) is 0 Å². The first-order chi connectivity index (χ1) is 6.22. The molecule has 1 aromatic rings. The average molecular weight is 182 g/mol. The molecule has 0 saturated heterocycles. The fourth-order valence-electron chi connectivity index (χ4n) is 1.10. The van der Waals surface area contributed by atoms with Gasteiger partial charge in [0.05, 0.1) is 6.54 Å². The highest BCUT2D eigenvalue weighted by Crippen LogP contribution is 2.37. The Morgan fingerprint density at radius 2 is 2.23 bits per heavy atom. The Bertz CT molecular complexity index is 292. The van der Waals surface area contributed by atoms with E-state index in [0.717, 1.165) is 0 Å². The Hall–Kier alpha value is -1.10. The van der Waals surface area contributed by atoms with Crippen molar-refractivity contribution >= 4 is 6.01 Å². The number of nitrogens with zero attached hydrogens (tertiary/aromatic N) is 2. The summed E-state index contributed by atoms with van der Waals surface area (Å²) in [7, 11) is 1.85. The zero-order valence-corrected chi connectivity index (χ0v) is 7.92. The van der Waals surface area contributed by atoms with Crippen LogP contribution in [0.2, 0.25) is 0 Å². The standard InChI is InChI=1S/C8H14N4O/c1-8(3-4-8)10-7-12-11-6(13-7)5-9-2/h9H,3-5H2,1-2H3,(H,10,12). The molecule has 0 unspecified atom stereocenters. The zero-order chi connectivity index (χ0) is 9.31. The number of hydrogen-bond donors (Lipinski definition) is 2. The third-order valence-electron chi connectivity index (χ3n) is 2.20. The van der Waals surface area contributed by atoms with Gasteiger partial charge < -0.3 is 15.1 Å². The summed E-state index contributed by atoms with van der Waals surface area (Å²) in [5.74, 6) is 0.620. The third-order valence-corrected chi connectivity index (χ3v) is 2.20. The van der Waals surface area contributed by atoms with Gasteiger partial charge >= 0.3 is 6.01 Å². The van der Waals surface area contributed by atoms with E-state index in [1.54, 1.807) is 0 Å². The molecule has 5 nitrogen and oxygen atoms in total. The molecule has 0 amide bonds. The van der Waals surface area contributed by atoms with Crippen LogP contribution in [0.15, 0.2) is 4.42 Å². The Morgan fingerprint density at radius 3 is 2.85 bits per heavy atom. The van der Waals surface area contributed by atoms with Crippen LogP contribution in [0.25, 0.3) is 0 Å². The summed E-state index contributed by atoms with van der Waals surface area (Å²) in [5, 5.41) is 13.9. The summed E-state index contributed by atoms with van der Waals surface area (Å²) >= 11 is 0. The van der Waals surface area contributed by atoms with E-state index < -0.39 is 0 Å². The van der Waals surface area contributed by atoms with Crippen molar-refractivity contribution in [2.45, 2.75) is 31.8 Å². The molecule has 2 N–H and O–H groups in total. The molecule has 0 atom stereocenters. The van der Waals surface area contributed by atoms with Crippen molar-refractivity contribution in [2.24, 2.45) is 0 Å². The van der Waals surface area contributed by atoms with E-state index in [2.05, 4.69) is 27.8 Å². The number of hydrogen-bond acceptors (Lipinski definition) is 5. The quantitative estimate of drug-likeness (QED) is 0.719. The molecule has 2 rings (SSSR count). The normalized spacial score (nSPS) is 18.6. The molecular formula is C8H14N4O. The van der Waals surface area contributed by atoms with Crippen molar-refractivity contribution in [3.8, 4) is 0 Å². The predicted molar refractivity (Wildman–Crippen MR) is 48.3 cm³/mol. The second kappa shape index (κ2) is 2.99. The molecule has 1 saturated carbocycles. The topological polar surface area (TPSA) is 63.0 Å². The predicted octanol–water partition coefficient (Wildman–Crippen LogP) is 0.753.